The second-order valence-corrected chi connectivity index (χ2v) is 7.04. The molecule has 1 saturated heterocycles. The molecular weight excluding hydrogens is 208 g/mol. The van der Waals surface area contributed by atoms with Crippen LogP contribution < -0.4 is 10.6 Å². The molecule has 0 aromatic heterocycles. The Morgan fingerprint density at radius 1 is 0.824 bits per heavy atom. The highest BCUT2D eigenvalue weighted by Gasteiger charge is 2.29. The van der Waals surface area contributed by atoms with Crippen LogP contribution in [0.3, 0.4) is 0 Å². The smallest absolute Gasteiger partial charge is 0.000634 e. The molecular formula is C15H30N2. The van der Waals surface area contributed by atoms with Crippen LogP contribution in [0.2, 0.25) is 0 Å². The van der Waals surface area contributed by atoms with Gasteiger partial charge in [-0.3, -0.25) is 0 Å². The van der Waals surface area contributed by atoms with Crippen LogP contribution in [0.1, 0.15) is 58.8 Å². The Hall–Kier alpha value is -0.0800. The van der Waals surface area contributed by atoms with Crippen molar-refractivity contribution in [2.24, 2.45) is 10.8 Å². The molecule has 1 saturated carbocycles. The van der Waals surface area contributed by atoms with Gasteiger partial charge in [0.25, 0.3) is 0 Å². The van der Waals surface area contributed by atoms with Crippen LogP contribution in [0.5, 0.6) is 0 Å². The van der Waals surface area contributed by atoms with Crippen molar-refractivity contribution < 1.29 is 0 Å². The van der Waals surface area contributed by atoms with Gasteiger partial charge in [-0.1, -0.05) is 33.1 Å². The van der Waals surface area contributed by atoms with Gasteiger partial charge >= 0.3 is 0 Å². The van der Waals surface area contributed by atoms with E-state index in [1.807, 2.05) is 0 Å². The van der Waals surface area contributed by atoms with Gasteiger partial charge < -0.3 is 10.6 Å². The predicted octanol–water partition coefficient (Wildman–Crippen LogP) is 2.94. The second kappa shape index (κ2) is 5.71. The van der Waals surface area contributed by atoms with Gasteiger partial charge in [-0.25, -0.2) is 0 Å². The van der Waals surface area contributed by atoms with Crippen molar-refractivity contribution in [3.05, 3.63) is 0 Å². The van der Waals surface area contributed by atoms with Gasteiger partial charge in [0.2, 0.25) is 0 Å². The van der Waals surface area contributed by atoms with Crippen LogP contribution in [-0.2, 0) is 0 Å². The summed E-state index contributed by atoms with van der Waals surface area (Å²) in [5.41, 5.74) is 1.12. The lowest BCUT2D eigenvalue weighted by Gasteiger charge is -2.38. The molecule has 2 rings (SSSR count). The molecule has 100 valence electrons. The standard InChI is InChI=1S/C15H30N2/c1-14(6-4-3-5-7-14)12-17-13-15(2)8-10-16-11-9-15/h16-17H,3-13H2,1-2H3. The summed E-state index contributed by atoms with van der Waals surface area (Å²) in [5.74, 6) is 0. The third-order valence-corrected chi connectivity index (χ3v) is 4.97. The first kappa shape index (κ1) is 13.4. The largest absolute Gasteiger partial charge is 0.317 e. The topological polar surface area (TPSA) is 24.1 Å². The van der Waals surface area contributed by atoms with Gasteiger partial charge in [0.1, 0.15) is 0 Å². The van der Waals surface area contributed by atoms with Crippen LogP contribution >= 0.6 is 0 Å². The molecule has 2 N–H and O–H groups in total. The van der Waals surface area contributed by atoms with E-state index in [1.165, 1.54) is 71.1 Å². The zero-order chi connectivity index (χ0) is 12.2. The molecule has 1 heterocycles. The summed E-state index contributed by atoms with van der Waals surface area (Å²) in [4.78, 5) is 0. The van der Waals surface area contributed by atoms with Crippen molar-refractivity contribution in [2.45, 2.75) is 58.8 Å². The van der Waals surface area contributed by atoms with Gasteiger partial charge in [0.05, 0.1) is 0 Å². The Morgan fingerprint density at radius 3 is 1.94 bits per heavy atom. The summed E-state index contributed by atoms with van der Waals surface area (Å²) in [6.07, 6.45) is 9.86. The van der Waals surface area contributed by atoms with E-state index in [-0.39, 0.29) is 0 Å². The molecule has 1 aliphatic heterocycles. The van der Waals surface area contributed by atoms with Crippen LogP contribution in [0.15, 0.2) is 0 Å². The Kier molecular flexibility index (Phi) is 4.48. The third-order valence-electron chi connectivity index (χ3n) is 4.97. The van der Waals surface area contributed by atoms with Crippen LogP contribution in [0.4, 0.5) is 0 Å². The molecule has 0 atom stereocenters. The number of piperidine rings is 1. The first-order valence-electron chi connectivity index (χ1n) is 7.54. The maximum atomic E-state index is 3.78. The van der Waals surface area contributed by atoms with Gasteiger partial charge in [-0.2, -0.15) is 0 Å². The van der Waals surface area contributed by atoms with Crippen LogP contribution in [-0.4, -0.2) is 26.2 Å². The van der Waals surface area contributed by atoms with Crippen molar-refractivity contribution in [1.82, 2.24) is 10.6 Å². The molecule has 0 aromatic carbocycles. The molecule has 2 fully saturated rings. The fourth-order valence-electron chi connectivity index (χ4n) is 3.46. The first-order chi connectivity index (χ1) is 8.12. The fraction of sp³-hybridized carbons (Fsp3) is 1.00. The highest BCUT2D eigenvalue weighted by molar-refractivity contribution is 4.85. The summed E-state index contributed by atoms with van der Waals surface area (Å²) in [5, 5.41) is 7.24. The zero-order valence-electron chi connectivity index (χ0n) is 11.8. The molecule has 2 nitrogen and oxygen atoms in total. The quantitative estimate of drug-likeness (QED) is 0.787. The normalized spacial score (nSPS) is 27.9. The second-order valence-electron chi connectivity index (χ2n) is 7.04. The lowest BCUT2D eigenvalue weighted by Crippen LogP contribution is -2.44. The molecule has 17 heavy (non-hydrogen) atoms. The summed E-state index contributed by atoms with van der Waals surface area (Å²) < 4.78 is 0. The molecule has 0 spiro atoms. The zero-order valence-corrected chi connectivity index (χ0v) is 11.8. The van der Waals surface area contributed by atoms with E-state index in [1.54, 1.807) is 0 Å². The molecule has 0 aromatic rings. The average Bonchev–Trinajstić information content (AvgIpc) is 2.30. The minimum atomic E-state index is 0.538. The minimum Gasteiger partial charge on any atom is -0.317 e. The monoisotopic (exact) mass is 238 g/mol. The summed E-state index contributed by atoms with van der Waals surface area (Å²) >= 11 is 0. The van der Waals surface area contributed by atoms with Crippen molar-refractivity contribution in [2.75, 3.05) is 26.2 Å². The summed E-state index contributed by atoms with van der Waals surface area (Å²) in [6.45, 7) is 9.78. The highest BCUT2D eigenvalue weighted by Crippen LogP contribution is 2.35. The van der Waals surface area contributed by atoms with Gasteiger partial charge in [-0.15, -0.1) is 0 Å². The van der Waals surface area contributed by atoms with E-state index in [0.717, 1.165) is 0 Å². The lowest BCUT2D eigenvalue weighted by molar-refractivity contribution is 0.175. The summed E-state index contributed by atoms with van der Waals surface area (Å²) in [7, 11) is 0. The van der Waals surface area contributed by atoms with Gasteiger partial charge in [0.15, 0.2) is 0 Å². The van der Waals surface area contributed by atoms with E-state index in [2.05, 4.69) is 24.5 Å². The number of rotatable bonds is 4. The summed E-state index contributed by atoms with van der Waals surface area (Å²) in [6, 6.07) is 0. The maximum Gasteiger partial charge on any atom is 0.000634 e. The van der Waals surface area contributed by atoms with Gasteiger partial charge in [0, 0.05) is 13.1 Å². The van der Waals surface area contributed by atoms with Crippen molar-refractivity contribution >= 4 is 0 Å². The van der Waals surface area contributed by atoms with Crippen LogP contribution in [0.25, 0.3) is 0 Å². The number of hydrogen-bond acceptors (Lipinski definition) is 2. The fourth-order valence-corrected chi connectivity index (χ4v) is 3.46. The molecule has 0 radical (unpaired) electrons. The Balaban J connectivity index is 1.70. The van der Waals surface area contributed by atoms with Crippen molar-refractivity contribution in [3.8, 4) is 0 Å². The highest BCUT2D eigenvalue weighted by atomic mass is 14.9. The Morgan fingerprint density at radius 2 is 1.35 bits per heavy atom. The van der Waals surface area contributed by atoms with E-state index in [4.69, 9.17) is 0 Å². The average molecular weight is 238 g/mol. The Labute approximate surface area is 107 Å². The number of nitrogens with one attached hydrogen (secondary N) is 2. The van der Waals surface area contributed by atoms with E-state index in [9.17, 15) is 0 Å². The van der Waals surface area contributed by atoms with E-state index in [0.29, 0.717) is 10.8 Å². The molecule has 1 aliphatic carbocycles. The number of hydrogen-bond donors (Lipinski definition) is 2. The lowest BCUT2D eigenvalue weighted by atomic mass is 9.75. The molecule has 0 bridgehead atoms. The van der Waals surface area contributed by atoms with E-state index < -0.39 is 0 Å². The Bertz CT molecular complexity index is 201. The van der Waals surface area contributed by atoms with Gasteiger partial charge in [-0.05, 0) is 49.6 Å². The van der Waals surface area contributed by atoms with Crippen molar-refractivity contribution in [1.29, 1.82) is 0 Å². The van der Waals surface area contributed by atoms with Crippen LogP contribution in [0, 0.1) is 10.8 Å². The minimum absolute atomic E-state index is 0.538. The molecule has 0 unspecified atom stereocenters. The first-order valence-corrected chi connectivity index (χ1v) is 7.54. The molecule has 2 heteroatoms. The predicted molar refractivity (Wildman–Crippen MR) is 74.3 cm³/mol. The molecule has 0 amide bonds. The molecule has 2 aliphatic rings. The van der Waals surface area contributed by atoms with Crippen molar-refractivity contribution in [3.63, 3.8) is 0 Å². The SMILES string of the molecule is CC1(CNCC2(C)CCNCC2)CCCCC1. The van der Waals surface area contributed by atoms with E-state index >= 15 is 0 Å². The third kappa shape index (κ3) is 3.96. The maximum absolute atomic E-state index is 3.78.